The van der Waals surface area contributed by atoms with Crippen molar-refractivity contribution in [3.8, 4) is 0 Å². The van der Waals surface area contributed by atoms with Gasteiger partial charge in [-0.3, -0.25) is 0 Å². The first-order chi connectivity index (χ1) is 7.95. The molecule has 2 rings (SSSR count). The second kappa shape index (κ2) is 4.88. The molecule has 2 aliphatic carbocycles. The molecule has 0 saturated heterocycles. The monoisotopic (exact) mass is 259 g/mol. The van der Waals surface area contributed by atoms with E-state index < -0.39 is 9.84 Å². The molecule has 2 saturated carbocycles. The van der Waals surface area contributed by atoms with E-state index in [0.717, 1.165) is 31.2 Å². The van der Waals surface area contributed by atoms with Crippen LogP contribution in [0.5, 0.6) is 0 Å². The molecular weight excluding hydrogens is 234 g/mol. The quantitative estimate of drug-likeness (QED) is 0.791. The van der Waals surface area contributed by atoms with Crippen LogP contribution in [0, 0.1) is 17.3 Å². The van der Waals surface area contributed by atoms with Gasteiger partial charge in [-0.15, -0.1) is 0 Å². The van der Waals surface area contributed by atoms with Gasteiger partial charge in [0.2, 0.25) is 0 Å². The highest BCUT2D eigenvalue weighted by molar-refractivity contribution is 7.90. The third kappa shape index (κ3) is 3.02. The van der Waals surface area contributed by atoms with Crippen molar-refractivity contribution in [2.24, 2.45) is 17.3 Å². The molecule has 0 aromatic carbocycles. The lowest BCUT2D eigenvalue weighted by molar-refractivity contribution is 0.145. The Balaban J connectivity index is 1.94. The van der Waals surface area contributed by atoms with Crippen LogP contribution in [0.2, 0.25) is 0 Å². The second-order valence-corrected chi connectivity index (χ2v) is 8.47. The van der Waals surface area contributed by atoms with E-state index in [1.807, 2.05) is 7.05 Å². The lowest BCUT2D eigenvalue weighted by atomic mass is 9.70. The largest absolute Gasteiger partial charge is 0.319 e. The van der Waals surface area contributed by atoms with Crippen LogP contribution in [-0.4, -0.2) is 34.0 Å². The van der Waals surface area contributed by atoms with Crippen molar-refractivity contribution in [3.63, 3.8) is 0 Å². The average Bonchev–Trinajstić information content (AvgIpc) is 2.76. The van der Waals surface area contributed by atoms with Crippen LogP contribution >= 0.6 is 0 Å². The number of hydrogen-bond donors (Lipinski definition) is 1. The van der Waals surface area contributed by atoms with Gasteiger partial charge in [0, 0.05) is 18.6 Å². The van der Waals surface area contributed by atoms with Crippen LogP contribution in [0.15, 0.2) is 0 Å². The van der Waals surface area contributed by atoms with E-state index in [2.05, 4.69) is 5.32 Å². The fourth-order valence-electron chi connectivity index (χ4n) is 4.21. The molecule has 2 fully saturated rings. The number of fused-ring (bicyclic) bond motifs is 2. The Morgan fingerprint density at radius 2 is 2.12 bits per heavy atom. The predicted octanol–water partition coefficient (Wildman–Crippen LogP) is 1.84. The normalized spacial score (nSPS) is 36.6. The number of nitrogens with one attached hydrogen (secondary N) is 1. The van der Waals surface area contributed by atoms with Crippen molar-refractivity contribution in [1.82, 2.24) is 5.32 Å². The molecular formula is C13H25NO2S. The number of rotatable bonds is 6. The molecule has 100 valence electrons. The minimum atomic E-state index is -2.79. The Bertz CT molecular complexity index is 366. The van der Waals surface area contributed by atoms with Crippen LogP contribution in [0.4, 0.5) is 0 Å². The van der Waals surface area contributed by atoms with Crippen molar-refractivity contribution in [2.45, 2.75) is 38.5 Å². The molecule has 3 nitrogen and oxygen atoms in total. The lowest BCUT2D eigenvalue weighted by Gasteiger charge is -2.38. The maximum atomic E-state index is 11.2. The van der Waals surface area contributed by atoms with E-state index in [0.29, 0.717) is 11.2 Å². The summed E-state index contributed by atoms with van der Waals surface area (Å²) in [6, 6.07) is 0. The summed E-state index contributed by atoms with van der Waals surface area (Å²) in [6.45, 7) is 1.07. The molecule has 1 N–H and O–H groups in total. The summed E-state index contributed by atoms with van der Waals surface area (Å²) >= 11 is 0. The Morgan fingerprint density at radius 3 is 2.59 bits per heavy atom. The van der Waals surface area contributed by atoms with Gasteiger partial charge in [-0.05, 0) is 56.4 Å². The molecule has 0 radical (unpaired) electrons. The fourth-order valence-corrected chi connectivity index (χ4v) is 4.88. The van der Waals surface area contributed by atoms with Gasteiger partial charge in [0.15, 0.2) is 0 Å². The molecule has 3 atom stereocenters. The first kappa shape index (κ1) is 13.3. The summed E-state index contributed by atoms with van der Waals surface area (Å²) in [7, 11) is -0.773. The zero-order chi connectivity index (χ0) is 12.5. The molecule has 2 bridgehead atoms. The minimum absolute atomic E-state index is 0.357. The first-order valence-corrected chi connectivity index (χ1v) is 8.83. The van der Waals surface area contributed by atoms with Crippen molar-refractivity contribution < 1.29 is 8.42 Å². The molecule has 0 spiro atoms. The summed E-state index contributed by atoms with van der Waals surface area (Å²) in [4.78, 5) is 0. The van der Waals surface area contributed by atoms with Gasteiger partial charge in [-0.1, -0.05) is 6.42 Å². The molecule has 0 amide bonds. The first-order valence-electron chi connectivity index (χ1n) is 6.77. The highest BCUT2D eigenvalue weighted by Gasteiger charge is 2.49. The van der Waals surface area contributed by atoms with E-state index in [4.69, 9.17) is 0 Å². The minimum Gasteiger partial charge on any atom is -0.319 e. The Hall–Kier alpha value is -0.0900. The van der Waals surface area contributed by atoms with Crippen LogP contribution in [0.1, 0.15) is 38.5 Å². The summed E-state index contributed by atoms with van der Waals surface area (Å²) in [5.74, 6) is 2.13. The van der Waals surface area contributed by atoms with Crippen molar-refractivity contribution in [2.75, 3.05) is 25.6 Å². The maximum absolute atomic E-state index is 11.2. The van der Waals surface area contributed by atoms with E-state index in [1.165, 1.54) is 31.9 Å². The summed E-state index contributed by atoms with van der Waals surface area (Å²) in [5, 5.41) is 3.33. The van der Waals surface area contributed by atoms with Gasteiger partial charge in [-0.2, -0.15) is 0 Å². The van der Waals surface area contributed by atoms with Crippen molar-refractivity contribution in [1.29, 1.82) is 0 Å². The van der Waals surface area contributed by atoms with Gasteiger partial charge in [0.25, 0.3) is 0 Å². The van der Waals surface area contributed by atoms with E-state index in [-0.39, 0.29) is 0 Å². The van der Waals surface area contributed by atoms with Gasteiger partial charge in [0.05, 0.1) is 0 Å². The highest BCUT2D eigenvalue weighted by atomic mass is 32.2. The Morgan fingerprint density at radius 1 is 1.35 bits per heavy atom. The Kier molecular flexibility index (Phi) is 3.83. The SMILES string of the molecule is CNCC1(CCCS(C)(=O)=O)CC2CCC1C2. The van der Waals surface area contributed by atoms with Crippen LogP contribution < -0.4 is 5.32 Å². The third-order valence-electron chi connectivity index (χ3n) is 4.82. The van der Waals surface area contributed by atoms with Crippen molar-refractivity contribution >= 4 is 9.84 Å². The predicted molar refractivity (Wildman–Crippen MR) is 70.8 cm³/mol. The summed E-state index contributed by atoms with van der Waals surface area (Å²) < 4.78 is 22.4. The third-order valence-corrected chi connectivity index (χ3v) is 5.85. The zero-order valence-corrected chi connectivity index (χ0v) is 11.9. The maximum Gasteiger partial charge on any atom is 0.147 e. The summed E-state index contributed by atoms with van der Waals surface area (Å²) in [6.07, 6.45) is 8.75. The molecule has 0 heterocycles. The van der Waals surface area contributed by atoms with E-state index in [9.17, 15) is 8.42 Å². The second-order valence-electron chi connectivity index (χ2n) is 6.21. The van der Waals surface area contributed by atoms with Crippen LogP contribution in [0.25, 0.3) is 0 Å². The highest BCUT2D eigenvalue weighted by Crippen LogP contribution is 2.57. The molecule has 2 aliphatic rings. The van der Waals surface area contributed by atoms with Gasteiger partial charge in [0.1, 0.15) is 9.84 Å². The van der Waals surface area contributed by atoms with Crippen LogP contribution in [0.3, 0.4) is 0 Å². The van der Waals surface area contributed by atoms with Crippen molar-refractivity contribution in [3.05, 3.63) is 0 Å². The molecule has 0 aromatic rings. The van der Waals surface area contributed by atoms with E-state index in [1.54, 1.807) is 0 Å². The number of hydrogen-bond acceptors (Lipinski definition) is 3. The number of sulfone groups is 1. The van der Waals surface area contributed by atoms with E-state index >= 15 is 0 Å². The van der Waals surface area contributed by atoms with Crippen LogP contribution in [-0.2, 0) is 9.84 Å². The van der Waals surface area contributed by atoms with Gasteiger partial charge >= 0.3 is 0 Å². The topological polar surface area (TPSA) is 46.2 Å². The Labute approximate surface area is 105 Å². The van der Waals surface area contributed by atoms with Gasteiger partial charge in [-0.25, -0.2) is 8.42 Å². The molecule has 0 aliphatic heterocycles. The fraction of sp³-hybridized carbons (Fsp3) is 1.00. The van der Waals surface area contributed by atoms with Gasteiger partial charge < -0.3 is 5.32 Å². The molecule has 0 aromatic heterocycles. The zero-order valence-electron chi connectivity index (χ0n) is 11.0. The summed E-state index contributed by atoms with van der Waals surface area (Å²) in [5.41, 5.74) is 0.405. The molecule has 4 heteroatoms. The smallest absolute Gasteiger partial charge is 0.147 e. The molecule has 3 unspecified atom stereocenters. The average molecular weight is 259 g/mol. The standard InChI is InChI=1S/C13H25NO2S/c1-14-10-13(6-3-7-17(2,15)16)9-11-4-5-12(13)8-11/h11-12,14H,3-10H2,1-2H3. The molecule has 17 heavy (non-hydrogen) atoms. The lowest BCUT2D eigenvalue weighted by Crippen LogP contribution is -2.37.